The molecule has 116 valence electrons. The van der Waals surface area contributed by atoms with Crippen LogP contribution in [0.3, 0.4) is 0 Å². The highest BCUT2D eigenvalue weighted by Crippen LogP contribution is 2.30. The molecule has 3 rings (SSSR count). The summed E-state index contributed by atoms with van der Waals surface area (Å²) in [5.74, 6) is -1.14. The molecule has 0 radical (unpaired) electrons. The lowest BCUT2D eigenvalue weighted by Gasteiger charge is -2.18. The maximum absolute atomic E-state index is 11.2. The van der Waals surface area contributed by atoms with Gasteiger partial charge in [-0.05, 0) is 30.5 Å². The van der Waals surface area contributed by atoms with Gasteiger partial charge in [-0.25, -0.2) is 4.79 Å². The van der Waals surface area contributed by atoms with Crippen molar-refractivity contribution in [3.05, 3.63) is 46.3 Å². The second-order valence-electron chi connectivity index (χ2n) is 6.13. The van der Waals surface area contributed by atoms with Crippen molar-refractivity contribution in [2.75, 3.05) is 0 Å². The molecule has 2 aromatic rings. The fourth-order valence-corrected chi connectivity index (χ4v) is 2.94. The predicted molar refractivity (Wildman–Crippen MR) is 81.7 cm³/mol. The lowest BCUT2D eigenvalue weighted by atomic mass is 9.93. The highest BCUT2D eigenvalue weighted by Gasteiger charge is 2.24. The summed E-state index contributed by atoms with van der Waals surface area (Å²) in [5, 5.41) is 19.2. The van der Waals surface area contributed by atoms with Crippen molar-refractivity contribution in [3.63, 3.8) is 0 Å². The lowest BCUT2D eigenvalue weighted by Crippen LogP contribution is -2.24. The molecule has 1 aromatic carbocycles. The first-order valence-corrected chi connectivity index (χ1v) is 7.47. The van der Waals surface area contributed by atoms with Crippen LogP contribution in [0, 0.1) is 0 Å². The fourth-order valence-electron chi connectivity index (χ4n) is 2.94. The Kier molecular flexibility index (Phi) is 3.70. The van der Waals surface area contributed by atoms with E-state index >= 15 is 0 Å². The van der Waals surface area contributed by atoms with Gasteiger partial charge in [0.05, 0.1) is 5.69 Å². The molecule has 2 N–H and O–H groups in total. The number of nitrogens with one attached hydrogen (secondary N) is 1. The molecule has 0 saturated carbocycles. The van der Waals surface area contributed by atoms with E-state index in [1.54, 1.807) is 0 Å². The smallest absolute Gasteiger partial charge is 0.358 e. The lowest BCUT2D eigenvalue weighted by molar-refractivity contribution is 0.0689. The topological polar surface area (TPSA) is 82.1 Å². The number of aromatic amines is 1. The van der Waals surface area contributed by atoms with Gasteiger partial charge in [-0.3, -0.25) is 10.00 Å². The van der Waals surface area contributed by atoms with Crippen LogP contribution in [0.15, 0.2) is 18.2 Å². The van der Waals surface area contributed by atoms with Gasteiger partial charge >= 0.3 is 5.97 Å². The normalized spacial score (nSPS) is 16.0. The van der Waals surface area contributed by atoms with Gasteiger partial charge in [-0.15, -0.1) is 5.10 Å². The molecule has 0 aliphatic carbocycles. The predicted octanol–water partition coefficient (Wildman–Crippen LogP) is 2.38. The Labute approximate surface area is 129 Å². The van der Waals surface area contributed by atoms with Gasteiger partial charge in [0.15, 0.2) is 5.69 Å². The Morgan fingerprint density at radius 1 is 1.27 bits per heavy atom. The molecule has 6 heteroatoms. The fraction of sp³-hybridized carbons (Fsp3) is 0.438. The van der Waals surface area contributed by atoms with E-state index in [0.29, 0.717) is 11.7 Å². The number of benzene rings is 1. The van der Waals surface area contributed by atoms with Crippen LogP contribution in [0.4, 0.5) is 0 Å². The highest BCUT2D eigenvalue weighted by molar-refractivity contribution is 5.86. The quantitative estimate of drug-likeness (QED) is 0.906. The van der Waals surface area contributed by atoms with Crippen molar-refractivity contribution < 1.29 is 9.90 Å². The summed E-state index contributed by atoms with van der Waals surface area (Å²) in [4.78, 5) is 13.6. The molecule has 1 unspecified atom stereocenters. The zero-order valence-electron chi connectivity index (χ0n) is 13.0. The summed E-state index contributed by atoms with van der Waals surface area (Å²) in [6.45, 7) is 8.29. The van der Waals surface area contributed by atoms with Crippen molar-refractivity contribution in [2.24, 2.45) is 0 Å². The van der Waals surface area contributed by atoms with Crippen LogP contribution >= 0.6 is 0 Å². The summed E-state index contributed by atoms with van der Waals surface area (Å²) >= 11 is 0. The van der Waals surface area contributed by atoms with Crippen molar-refractivity contribution in [1.29, 1.82) is 0 Å². The highest BCUT2D eigenvalue weighted by atomic mass is 16.4. The number of aromatic nitrogens is 3. The molecule has 1 aliphatic heterocycles. The number of nitrogens with zero attached hydrogens (tertiary/aromatic N) is 3. The Morgan fingerprint density at radius 2 is 2.00 bits per heavy atom. The third kappa shape index (κ3) is 2.50. The second kappa shape index (κ2) is 5.53. The van der Waals surface area contributed by atoms with Gasteiger partial charge in [-0.1, -0.05) is 30.3 Å². The maximum atomic E-state index is 11.2. The summed E-state index contributed by atoms with van der Waals surface area (Å²) < 4.78 is 0. The van der Waals surface area contributed by atoms with E-state index < -0.39 is 5.97 Å². The molecule has 1 aromatic heterocycles. The third-order valence-corrected chi connectivity index (χ3v) is 4.42. The van der Waals surface area contributed by atoms with Gasteiger partial charge in [0.25, 0.3) is 0 Å². The van der Waals surface area contributed by atoms with Crippen molar-refractivity contribution in [2.45, 2.75) is 45.8 Å². The summed E-state index contributed by atoms with van der Waals surface area (Å²) in [6, 6.07) is 6.91. The molecule has 0 bridgehead atoms. The SMILES string of the molecule is CC(c1ccc2c(c1)CN(C(C)C)C2)c1[nH]nnc1C(=O)O. The van der Waals surface area contributed by atoms with Gasteiger partial charge in [0.2, 0.25) is 0 Å². The summed E-state index contributed by atoms with van der Waals surface area (Å²) in [7, 11) is 0. The van der Waals surface area contributed by atoms with Crippen LogP contribution in [0.5, 0.6) is 0 Å². The first kappa shape index (κ1) is 14.7. The van der Waals surface area contributed by atoms with Crippen LogP contribution < -0.4 is 0 Å². The monoisotopic (exact) mass is 300 g/mol. The first-order chi connectivity index (χ1) is 10.5. The van der Waals surface area contributed by atoms with Crippen LogP contribution in [0.25, 0.3) is 0 Å². The molecular formula is C16H20N4O2. The van der Waals surface area contributed by atoms with E-state index in [2.05, 4.69) is 52.4 Å². The van der Waals surface area contributed by atoms with Gasteiger partial charge < -0.3 is 5.11 Å². The molecule has 2 heterocycles. The van der Waals surface area contributed by atoms with E-state index in [9.17, 15) is 9.90 Å². The second-order valence-corrected chi connectivity index (χ2v) is 6.13. The number of hydrogen-bond acceptors (Lipinski definition) is 4. The van der Waals surface area contributed by atoms with Crippen LogP contribution in [0.1, 0.15) is 59.6 Å². The van der Waals surface area contributed by atoms with Crippen molar-refractivity contribution in [1.82, 2.24) is 20.3 Å². The standard InChI is InChI=1S/C16H20N4O2/c1-9(2)20-7-12-5-4-11(6-13(12)8-20)10(3)14-15(16(21)22)18-19-17-14/h4-6,9-10H,7-8H2,1-3H3,(H,21,22)(H,17,18,19). The van der Waals surface area contributed by atoms with Crippen molar-refractivity contribution in [3.8, 4) is 0 Å². The minimum atomic E-state index is -1.05. The zero-order valence-corrected chi connectivity index (χ0v) is 13.0. The molecule has 0 saturated heterocycles. The molecule has 22 heavy (non-hydrogen) atoms. The van der Waals surface area contributed by atoms with Crippen LogP contribution in [-0.4, -0.2) is 37.4 Å². The maximum Gasteiger partial charge on any atom is 0.358 e. The number of carboxylic acids is 1. The number of carboxylic acid groups (broad SMARTS) is 1. The number of aromatic carboxylic acids is 1. The Hall–Kier alpha value is -2.21. The van der Waals surface area contributed by atoms with E-state index in [0.717, 1.165) is 18.7 Å². The number of fused-ring (bicyclic) bond motifs is 1. The largest absolute Gasteiger partial charge is 0.476 e. The summed E-state index contributed by atoms with van der Waals surface area (Å²) in [6.07, 6.45) is 0. The first-order valence-electron chi connectivity index (χ1n) is 7.47. The van der Waals surface area contributed by atoms with Crippen LogP contribution in [-0.2, 0) is 13.1 Å². The number of rotatable bonds is 4. The van der Waals surface area contributed by atoms with Crippen molar-refractivity contribution >= 4 is 5.97 Å². The Morgan fingerprint density at radius 3 is 2.68 bits per heavy atom. The van der Waals surface area contributed by atoms with E-state index in [1.165, 1.54) is 11.1 Å². The molecule has 1 atom stereocenters. The number of carbonyl (C=O) groups is 1. The van der Waals surface area contributed by atoms with E-state index in [1.807, 2.05) is 6.92 Å². The molecule has 0 spiro atoms. The molecule has 0 fully saturated rings. The average Bonchev–Trinajstić information content (AvgIpc) is 3.12. The molecule has 0 amide bonds. The van der Waals surface area contributed by atoms with Gasteiger partial charge in [-0.2, -0.15) is 0 Å². The minimum Gasteiger partial charge on any atom is -0.476 e. The number of H-pyrrole nitrogens is 1. The third-order valence-electron chi connectivity index (χ3n) is 4.42. The molecular weight excluding hydrogens is 280 g/mol. The van der Waals surface area contributed by atoms with Crippen LogP contribution in [0.2, 0.25) is 0 Å². The Bertz CT molecular complexity index is 708. The number of hydrogen-bond donors (Lipinski definition) is 2. The molecule has 1 aliphatic rings. The van der Waals surface area contributed by atoms with E-state index in [-0.39, 0.29) is 11.6 Å². The zero-order chi connectivity index (χ0) is 15.9. The Balaban J connectivity index is 1.89. The average molecular weight is 300 g/mol. The molecule has 6 nitrogen and oxygen atoms in total. The minimum absolute atomic E-state index is 0.00296. The summed E-state index contributed by atoms with van der Waals surface area (Å²) in [5.41, 5.74) is 4.30. The van der Waals surface area contributed by atoms with Gasteiger partial charge in [0.1, 0.15) is 0 Å². The van der Waals surface area contributed by atoms with E-state index in [4.69, 9.17) is 0 Å². The van der Waals surface area contributed by atoms with Gasteiger partial charge in [0, 0.05) is 25.0 Å².